The molecule has 2 heterocycles. The minimum Gasteiger partial charge on any atom is -0.461 e. The largest absolute Gasteiger partial charge is 0.461 e. The van der Waals surface area contributed by atoms with Gasteiger partial charge in [0.25, 0.3) is 5.69 Å². The number of hydrogen-bond acceptors (Lipinski definition) is 9. The van der Waals surface area contributed by atoms with E-state index >= 15 is 0 Å². The summed E-state index contributed by atoms with van der Waals surface area (Å²) in [5, 5.41) is 19.9. The topological polar surface area (TPSA) is 149 Å². The number of rotatable bonds is 7. The van der Waals surface area contributed by atoms with Crippen molar-refractivity contribution in [3.8, 4) is 17.7 Å². The third kappa shape index (κ3) is 5.20. The Morgan fingerprint density at radius 2 is 2.03 bits per heavy atom. The van der Waals surface area contributed by atoms with Crippen molar-refractivity contribution in [1.29, 1.82) is 5.26 Å². The Hall–Kier alpha value is -4.30. The number of nitro groups is 1. The molecule has 156 valence electrons. The van der Waals surface area contributed by atoms with Gasteiger partial charge in [-0.3, -0.25) is 14.9 Å². The lowest BCUT2D eigenvalue weighted by Crippen LogP contribution is -2.01. The summed E-state index contributed by atoms with van der Waals surface area (Å²) in [7, 11) is -2.95. The SMILES string of the molecule is C[S@](=O)(=N/C=C(\C#N)C(=O)c1ccco1)c1ccc(Oc2ccc([N+](=O)[O-])cn2)cc1. The van der Waals surface area contributed by atoms with Gasteiger partial charge in [-0.2, -0.15) is 5.26 Å². The Morgan fingerprint density at radius 1 is 1.29 bits per heavy atom. The molecule has 0 amide bonds. The summed E-state index contributed by atoms with van der Waals surface area (Å²) in [6, 6.07) is 13.4. The molecule has 3 rings (SSSR count). The van der Waals surface area contributed by atoms with Crippen LogP contribution in [0.5, 0.6) is 11.6 Å². The fourth-order valence-electron chi connectivity index (χ4n) is 2.31. The van der Waals surface area contributed by atoms with Gasteiger partial charge in [0.2, 0.25) is 11.7 Å². The molecule has 0 N–H and O–H groups in total. The number of hydrogen-bond donors (Lipinski definition) is 0. The highest BCUT2D eigenvalue weighted by Gasteiger charge is 2.15. The highest BCUT2D eigenvalue weighted by atomic mass is 32.2. The van der Waals surface area contributed by atoms with E-state index in [1.54, 1.807) is 6.07 Å². The maximum absolute atomic E-state index is 12.9. The van der Waals surface area contributed by atoms with Crippen molar-refractivity contribution < 1.29 is 23.1 Å². The molecule has 2 aromatic heterocycles. The molecule has 0 spiro atoms. The maximum atomic E-state index is 12.9. The van der Waals surface area contributed by atoms with Crippen molar-refractivity contribution in [2.24, 2.45) is 4.36 Å². The molecule has 0 aliphatic heterocycles. The van der Waals surface area contributed by atoms with Gasteiger partial charge in [0.05, 0.1) is 27.1 Å². The van der Waals surface area contributed by atoms with Crippen LogP contribution in [-0.2, 0) is 9.73 Å². The van der Waals surface area contributed by atoms with E-state index in [4.69, 9.17) is 9.15 Å². The number of ether oxygens (including phenoxy) is 1. The fourth-order valence-corrected chi connectivity index (χ4v) is 3.38. The second-order valence-corrected chi connectivity index (χ2v) is 8.34. The highest BCUT2D eigenvalue weighted by Crippen LogP contribution is 2.23. The Kier molecular flexibility index (Phi) is 6.23. The van der Waals surface area contributed by atoms with Gasteiger partial charge in [0.15, 0.2) is 5.76 Å². The second-order valence-electron chi connectivity index (χ2n) is 6.05. The van der Waals surface area contributed by atoms with Crippen LogP contribution in [0.25, 0.3) is 0 Å². The van der Waals surface area contributed by atoms with Crippen LogP contribution in [0.3, 0.4) is 0 Å². The van der Waals surface area contributed by atoms with Gasteiger partial charge >= 0.3 is 0 Å². The maximum Gasteiger partial charge on any atom is 0.287 e. The lowest BCUT2D eigenvalue weighted by atomic mass is 10.1. The van der Waals surface area contributed by atoms with Crippen molar-refractivity contribution in [3.63, 3.8) is 0 Å². The minimum absolute atomic E-state index is 0.0213. The third-order valence-corrected chi connectivity index (χ3v) is 5.56. The van der Waals surface area contributed by atoms with Crippen LogP contribution in [0.15, 0.2) is 86.4 Å². The van der Waals surface area contributed by atoms with Crippen LogP contribution in [0, 0.1) is 21.4 Å². The van der Waals surface area contributed by atoms with Crippen LogP contribution in [0.2, 0.25) is 0 Å². The van der Waals surface area contributed by atoms with Gasteiger partial charge < -0.3 is 9.15 Å². The van der Waals surface area contributed by atoms with Gasteiger partial charge in [0.1, 0.15) is 23.6 Å². The quantitative estimate of drug-likeness (QED) is 0.176. The van der Waals surface area contributed by atoms with Gasteiger partial charge in [-0.15, -0.1) is 0 Å². The van der Waals surface area contributed by atoms with Gasteiger partial charge in [-0.05, 0) is 36.4 Å². The number of aromatic nitrogens is 1. The zero-order valence-electron chi connectivity index (χ0n) is 16.0. The molecular formula is C20H14N4O6S. The first-order valence-corrected chi connectivity index (χ1v) is 10.5. The number of carbonyl (C=O) groups is 1. The Balaban J connectivity index is 1.78. The lowest BCUT2D eigenvalue weighted by Gasteiger charge is -2.07. The average molecular weight is 438 g/mol. The van der Waals surface area contributed by atoms with Crippen LogP contribution < -0.4 is 4.74 Å². The Morgan fingerprint density at radius 3 is 2.58 bits per heavy atom. The molecule has 0 bridgehead atoms. The predicted molar refractivity (Wildman–Crippen MR) is 109 cm³/mol. The number of carbonyl (C=O) groups excluding carboxylic acids is 1. The molecule has 10 nitrogen and oxygen atoms in total. The van der Waals surface area contributed by atoms with Crippen molar-refractivity contribution in [1.82, 2.24) is 4.98 Å². The van der Waals surface area contributed by atoms with E-state index in [2.05, 4.69) is 9.35 Å². The number of benzene rings is 1. The van der Waals surface area contributed by atoms with E-state index in [0.29, 0.717) is 10.6 Å². The number of nitrogens with zero attached hydrogens (tertiary/aromatic N) is 4. The molecule has 0 radical (unpaired) electrons. The predicted octanol–water partition coefficient (Wildman–Crippen LogP) is 4.12. The summed E-state index contributed by atoms with van der Waals surface area (Å²) in [5.41, 5.74) is -0.473. The van der Waals surface area contributed by atoms with Gasteiger partial charge in [0, 0.05) is 23.3 Å². The van der Waals surface area contributed by atoms with Crippen molar-refractivity contribution in [2.45, 2.75) is 4.90 Å². The van der Waals surface area contributed by atoms with Crippen LogP contribution in [-0.4, -0.2) is 26.2 Å². The zero-order valence-corrected chi connectivity index (χ0v) is 16.8. The summed E-state index contributed by atoms with van der Waals surface area (Å²) in [6.07, 6.45) is 4.71. The van der Waals surface area contributed by atoms with Crippen molar-refractivity contribution in [2.75, 3.05) is 6.26 Å². The van der Waals surface area contributed by atoms with Gasteiger partial charge in [-0.25, -0.2) is 13.6 Å². The number of pyridine rings is 1. The smallest absolute Gasteiger partial charge is 0.287 e. The summed E-state index contributed by atoms with van der Waals surface area (Å²) in [4.78, 5) is 26.4. The number of nitriles is 1. The van der Waals surface area contributed by atoms with E-state index < -0.39 is 20.4 Å². The average Bonchev–Trinajstić information content (AvgIpc) is 3.30. The number of furan rings is 1. The third-order valence-electron chi connectivity index (χ3n) is 3.91. The standard InChI is InChI=1S/C20H14N4O6S/c1-31(28,23-12-14(11-21)20(25)18-3-2-10-29-18)17-7-5-16(6-8-17)30-19-9-4-15(13-22-19)24(26)27/h2-10,12-13H,1H3/b14-12+/t31-/m1/s1. The second kappa shape index (κ2) is 9.02. The first-order valence-electron chi connectivity index (χ1n) is 8.58. The lowest BCUT2D eigenvalue weighted by molar-refractivity contribution is -0.385. The van der Waals surface area contributed by atoms with E-state index in [-0.39, 0.29) is 22.9 Å². The molecule has 11 heteroatoms. The normalized spacial score (nSPS) is 13.0. The van der Waals surface area contributed by atoms with Crippen LogP contribution in [0.4, 0.5) is 5.69 Å². The van der Waals surface area contributed by atoms with E-state index in [1.165, 1.54) is 61.0 Å². The molecule has 0 fully saturated rings. The monoisotopic (exact) mass is 438 g/mol. The molecule has 0 aliphatic carbocycles. The summed E-state index contributed by atoms with van der Waals surface area (Å²) in [5.74, 6) is -0.169. The minimum atomic E-state index is -2.95. The molecule has 0 saturated heterocycles. The van der Waals surface area contributed by atoms with Crippen molar-refractivity contribution >= 4 is 21.2 Å². The van der Waals surface area contributed by atoms with Crippen LogP contribution in [0.1, 0.15) is 10.6 Å². The molecule has 1 aromatic carbocycles. The molecule has 3 aromatic rings. The zero-order chi connectivity index (χ0) is 22.4. The molecule has 31 heavy (non-hydrogen) atoms. The first-order chi connectivity index (χ1) is 14.8. The molecule has 0 aliphatic rings. The summed E-state index contributed by atoms with van der Waals surface area (Å²) in [6.45, 7) is 0. The number of Topliss-reactive ketones (excluding diaryl/α,β-unsaturated/α-hetero) is 1. The number of ketones is 1. The van der Waals surface area contributed by atoms with Gasteiger partial charge in [-0.1, -0.05) is 0 Å². The van der Waals surface area contributed by atoms with E-state index in [0.717, 1.165) is 12.4 Å². The Labute approximate surface area is 176 Å². The summed E-state index contributed by atoms with van der Waals surface area (Å²) >= 11 is 0. The van der Waals surface area contributed by atoms with E-state index in [9.17, 15) is 24.4 Å². The fraction of sp³-hybridized carbons (Fsp3) is 0.0500. The van der Waals surface area contributed by atoms with Crippen molar-refractivity contribution in [3.05, 3.63) is 88.6 Å². The Bertz CT molecular complexity index is 1300. The molecular weight excluding hydrogens is 424 g/mol. The summed E-state index contributed by atoms with van der Waals surface area (Å²) < 4.78 is 27.3. The van der Waals surface area contributed by atoms with E-state index in [1.807, 2.05) is 0 Å². The molecule has 0 saturated carbocycles. The molecule has 1 atom stereocenters. The number of allylic oxidation sites excluding steroid dienone is 1. The highest BCUT2D eigenvalue weighted by molar-refractivity contribution is 7.93. The molecule has 0 unspecified atom stereocenters. The first kappa shape index (κ1) is 21.4. The van der Waals surface area contributed by atoms with Crippen LogP contribution >= 0.6 is 0 Å².